The Labute approximate surface area is 93.0 Å². The van der Waals surface area contributed by atoms with Crippen LogP contribution < -0.4 is 5.73 Å². The van der Waals surface area contributed by atoms with Gasteiger partial charge in [-0.3, -0.25) is 4.90 Å². The molecule has 0 bridgehead atoms. The number of ether oxygens (including phenoxy) is 1. The number of nitrogens with two attached hydrogens (primary N) is 1. The molecule has 0 aliphatic carbocycles. The predicted octanol–water partition coefficient (Wildman–Crippen LogP) is 1.08. The van der Waals surface area contributed by atoms with Gasteiger partial charge in [-0.2, -0.15) is 0 Å². The first kappa shape index (κ1) is 11.4. The SMILES string of the molecule is CC1CCCN(CC2COCC2N)C1C. The third kappa shape index (κ3) is 2.52. The van der Waals surface area contributed by atoms with Crippen molar-refractivity contribution in [3.05, 3.63) is 0 Å². The van der Waals surface area contributed by atoms with E-state index in [2.05, 4.69) is 18.7 Å². The molecule has 4 unspecified atom stereocenters. The summed E-state index contributed by atoms with van der Waals surface area (Å²) in [6.07, 6.45) is 2.72. The molecule has 2 saturated heterocycles. The number of hydrogen-bond donors (Lipinski definition) is 1. The molecule has 0 saturated carbocycles. The minimum absolute atomic E-state index is 0.259. The zero-order valence-electron chi connectivity index (χ0n) is 9.98. The van der Waals surface area contributed by atoms with E-state index in [9.17, 15) is 0 Å². The highest BCUT2D eigenvalue weighted by molar-refractivity contribution is 4.85. The largest absolute Gasteiger partial charge is 0.379 e. The van der Waals surface area contributed by atoms with E-state index in [4.69, 9.17) is 10.5 Å². The van der Waals surface area contributed by atoms with Crippen LogP contribution in [0.2, 0.25) is 0 Å². The van der Waals surface area contributed by atoms with Crippen LogP contribution in [0.4, 0.5) is 0 Å². The van der Waals surface area contributed by atoms with Gasteiger partial charge in [0, 0.05) is 24.5 Å². The maximum atomic E-state index is 6.02. The Balaban J connectivity index is 1.87. The molecule has 0 aromatic rings. The van der Waals surface area contributed by atoms with Crippen molar-refractivity contribution in [2.75, 3.05) is 26.3 Å². The van der Waals surface area contributed by atoms with Gasteiger partial charge in [-0.05, 0) is 32.2 Å². The van der Waals surface area contributed by atoms with Crippen molar-refractivity contribution < 1.29 is 4.74 Å². The highest BCUT2D eigenvalue weighted by Gasteiger charge is 2.31. The normalized spacial score (nSPS) is 43.4. The maximum Gasteiger partial charge on any atom is 0.0621 e. The highest BCUT2D eigenvalue weighted by Crippen LogP contribution is 2.25. The maximum absolute atomic E-state index is 6.02. The third-order valence-corrected chi connectivity index (χ3v) is 4.22. The molecule has 2 aliphatic heterocycles. The lowest BCUT2D eigenvalue weighted by molar-refractivity contribution is 0.0882. The average Bonchev–Trinajstić information content (AvgIpc) is 2.60. The fourth-order valence-electron chi connectivity index (χ4n) is 2.78. The van der Waals surface area contributed by atoms with Gasteiger partial charge in [0.15, 0.2) is 0 Å². The van der Waals surface area contributed by atoms with Crippen molar-refractivity contribution >= 4 is 0 Å². The molecular formula is C12H24N2O. The van der Waals surface area contributed by atoms with Gasteiger partial charge in [-0.25, -0.2) is 0 Å². The Morgan fingerprint density at radius 3 is 2.80 bits per heavy atom. The number of nitrogens with zero attached hydrogens (tertiary/aromatic N) is 1. The van der Waals surface area contributed by atoms with E-state index in [1.54, 1.807) is 0 Å². The first-order chi connectivity index (χ1) is 7.18. The molecule has 0 amide bonds. The minimum Gasteiger partial charge on any atom is -0.379 e. The van der Waals surface area contributed by atoms with Crippen LogP contribution in [0.5, 0.6) is 0 Å². The summed E-state index contributed by atoms with van der Waals surface area (Å²) in [6, 6.07) is 0.973. The molecule has 3 nitrogen and oxygen atoms in total. The van der Waals surface area contributed by atoms with E-state index < -0.39 is 0 Å². The highest BCUT2D eigenvalue weighted by atomic mass is 16.5. The Bertz CT molecular complexity index is 210. The zero-order chi connectivity index (χ0) is 10.8. The van der Waals surface area contributed by atoms with E-state index in [1.807, 2.05) is 0 Å². The van der Waals surface area contributed by atoms with Crippen LogP contribution in [0.3, 0.4) is 0 Å². The van der Waals surface area contributed by atoms with Gasteiger partial charge in [0.25, 0.3) is 0 Å². The van der Waals surface area contributed by atoms with Crippen molar-refractivity contribution in [3.63, 3.8) is 0 Å². The zero-order valence-corrected chi connectivity index (χ0v) is 9.98. The van der Waals surface area contributed by atoms with Gasteiger partial charge in [0.05, 0.1) is 13.2 Å². The molecule has 2 heterocycles. The molecule has 0 spiro atoms. The van der Waals surface area contributed by atoms with Gasteiger partial charge < -0.3 is 10.5 Å². The summed E-state index contributed by atoms with van der Waals surface area (Å²) >= 11 is 0. The van der Waals surface area contributed by atoms with Gasteiger partial charge >= 0.3 is 0 Å². The lowest BCUT2D eigenvalue weighted by Crippen LogP contribution is -2.47. The Morgan fingerprint density at radius 1 is 1.33 bits per heavy atom. The van der Waals surface area contributed by atoms with Crippen LogP contribution in [0.1, 0.15) is 26.7 Å². The monoisotopic (exact) mass is 212 g/mol. The topological polar surface area (TPSA) is 38.5 Å². The number of rotatable bonds is 2. The summed E-state index contributed by atoms with van der Waals surface area (Å²) in [5, 5.41) is 0. The Kier molecular flexibility index (Phi) is 3.65. The second kappa shape index (κ2) is 4.81. The number of hydrogen-bond acceptors (Lipinski definition) is 3. The standard InChI is InChI=1S/C12H24N2O/c1-9-4-3-5-14(10(9)2)6-11-7-15-8-12(11)13/h9-12H,3-8,13H2,1-2H3. The minimum atomic E-state index is 0.259. The summed E-state index contributed by atoms with van der Waals surface area (Å²) in [4.78, 5) is 2.60. The quantitative estimate of drug-likeness (QED) is 0.744. The van der Waals surface area contributed by atoms with Crippen molar-refractivity contribution in [3.8, 4) is 0 Å². The summed E-state index contributed by atoms with van der Waals surface area (Å²) < 4.78 is 5.42. The van der Waals surface area contributed by atoms with Crippen LogP contribution in [-0.4, -0.2) is 43.3 Å². The molecule has 0 aromatic carbocycles. The van der Waals surface area contributed by atoms with Crippen molar-refractivity contribution in [1.29, 1.82) is 0 Å². The van der Waals surface area contributed by atoms with Gasteiger partial charge in [0.1, 0.15) is 0 Å². The molecule has 2 rings (SSSR count). The van der Waals surface area contributed by atoms with Gasteiger partial charge in [-0.1, -0.05) is 6.92 Å². The molecule has 2 N–H and O–H groups in total. The molecular weight excluding hydrogens is 188 g/mol. The van der Waals surface area contributed by atoms with Crippen LogP contribution in [0.15, 0.2) is 0 Å². The fourth-order valence-corrected chi connectivity index (χ4v) is 2.78. The predicted molar refractivity (Wildman–Crippen MR) is 61.7 cm³/mol. The van der Waals surface area contributed by atoms with Crippen LogP contribution in [-0.2, 0) is 4.74 Å². The lowest BCUT2D eigenvalue weighted by atomic mass is 9.90. The van der Waals surface area contributed by atoms with Crippen molar-refractivity contribution in [1.82, 2.24) is 4.90 Å². The van der Waals surface area contributed by atoms with Crippen molar-refractivity contribution in [2.45, 2.75) is 38.8 Å². The van der Waals surface area contributed by atoms with E-state index in [0.717, 1.165) is 25.7 Å². The van der Waals surface area contributed by atoms with E-state index >= 15 is 0 Å². The summed E-state index contributed by atoms with van der Waals surface area (Å²) in [5.74, 6) is 1.38. The second-order valence-electron chi connectivity index (χ2n) is 5.32. The molecule has 2 aliphatic rings. The smallest absolute Gasteiger partial charge is 0.0621 e. The molecule has 0 aromatic heterocycles. The molecule has 88 valence electrons. The number of piperidine rings is 1. The molecule has 2 fully saturated rings. The summed E-state index contributed by atoms with van der Waals surface area (Å²) in [5.41, 5.74) is 6.02. The Morgan fingerprint density at radius 2 is 2.13 bits per heavy atom. The summed E-state index contributed by atoms with van der Waals surface area (Å²) in [6.45, 7) is 8.70. The lowest BCUT2D eigenvalue weighted by Gasteiger charge is -2.39. The second-order valence-corrected chi connectivity index (χ2v) is 5.32. The number of likely N-dealkylation sites (tertiary alicyclic amines) is 1. The molecule has 0 radical (unpaired) electrons. The fraction of sp³-hybridized carbons (Fsp3) is 1.00. The van der Waals surface area contributed by atoms with E-state index in [-0.39, 0.29) is 6.04 Å². The van der Waals surface area contributed by atoms with Crippen LogP contribution >= 0.6 is 0 Å². The van der Waals surface area contributed by atoms with Crippen molar-refractivity contribution in [2.24, 2.45) is 17.6 Å². The van der Waals surface area contributed by atoms with Crippen LogP contribution in [0, 0.1) is 11.8 Å². The first-order valence-corrected chi connectivity index (χ1v) is 6.26. The average molecular weight is 212 g/mol. The first-order valence-electron chi connectivity index (χ1n) is 6.26. The van der Waals surface area contributed by atoms with Gasteiger partial charge in [-0.15, -0.1) is 0 Å². The van der Waals surface area contributed by atoms with Crippen LogP contribution in [0.25, 0.3) is 0 Å². The summed E-state index contributed by atoms with van der Waals surface area (Å²) in [7, 11) is 0. The third-order valence-electron chi connectivity index (χ3n) is 4.22. The van der Waals surface area contributed by atoms with Gasteiger partial charge in [0.2, 0.25) is 0 Å². The molecule has 4 atom stereocenters. The van der Waals surface area contributed by atoms with E-state index in [0.29, 0.717) is 12.0 Å². The van der Waals surface area contributed by atoms with E-state index in [1.165, 1.54) is 19.4 Å². The molecule has 3 heteroatoms. The Hall–Kier alpha value is -0.120. The molecule has 15 heavy (non-hydrogen) atoms.